The standard InChI is InChI=1S/C25H23N3O4/c26-15-19-7-1-2-9-22(19)31-17-21-11-12-23(32-21)25(30)27-20-8-5-6-18(14-20)16-28-13-4-3-10-24(28)29/h1-2,5-9,11-12,14H,3-4,10,13,16-17H2,(H,27,30). The summed E-state index contributed by atoms with van der Waals surface area (Å²) in [7, 11) is 0. The minimum absolute atomic E-state index is 0.103. The number of nitrogens with one attached hydrogen (secondary N) is 1. The molecule has 0 spiro atoms. The van der Waals surface area contributed by atoms with E-state index in [1.54, 1.807) is 42.5 Å². The number of amides is 2. The van der Waals surface area contributed by atoms with Crippen LogP contribution in [0.25, 0.3) is 0 Å². The van der Waals surface area contributed by atoms with E-state index in [0.29, 0.717) is 35.7 Å². The van der Waals surface area contributed by atoms with Gasteiger partial charge in [-0.05, 0) is 54.8 Å². The van der Waals surface area contributed by atoms with Crippen molar-refractivity contribution in [3.8, 4) is 11.8 Å². The lowest BCUT2D eigenvalue weighted by molar-refractivity contribution is -0.133. The molecular formula is C25H23N3O4. The van der Waals surface area contributed by atoms with Crippen molar-refractivity contribution in [3.63, 3.8) is 0 Å². The zero-order valence-electron chi connectivity index (χ0n) is 17.5. The number of piperidine rings is 1. The van der Waals surface area contributed by atoms with Crippen LogP contribution in [0.3, 0.4) is 0 Å². The third kappa shape index (κ3) is 5.16. The summed E-state index contributed by atoms with van der Waals surface area (Å²) in [5.41, 5.74) is 2.03. The number of carbonyl (C=O) groups excluding carboxylic acids is 2. The van der Waals surface area contributed by atoms with Crippen LogP contribution in [-0.2, 0) is 17.9 Å². The molecule has 1 fully saturated rings. The molecule has 2 aromatic carbocycles. The molecule has 0 aliphatic carbocycles. The summed E-state index contributed by atoms with van der Waals surface area (Å²) in [6.45, 7) is 1.41. The van der Waals surface area contributed by atoms with Gasteiger partial charge >= 0.3 is 0 Å². The van der Waals surface area contributed by atoms with Gasteiger partial charge in [-0.25, -0.2) is 0 Å². The van der Waals surface area contributed by atoms with Crippen molar-refractivity contribution in [2.45, 2.75) is 32.4 Å². The lowest BCUT2D eigenvalue weighted by atomic mass is 10.1. The number of likely N-dealkylation sites (tertiary alicyclic amines) is 1. The van der Waals surface area contributed by atoms with Crippen molar-refractivity contribution in [2.24, 2.45) is 0 Å². The monoisotopic (exact) mass is 429 g/mol. The van der Waals surface area contributed by atoms with Gasteiger partial charge in [0.25, 0.3) is 5.91 Å². The van der Waals surface area contributed by atoms with Gasteiger partial charge in [0, 0.05) is 25.2 Å². The Bertz CT molecular complexity index is 1160. The Labute approximate surface area is 186 Å². The van der Waals surface area contributed by atoms with Crippen LogP contribution >= 0.6 is 0 Å². The smallest absolute Gasteiger partial charge is 0.291 e. The van der Waals surface area contributed by atoms with Crippen LogP contribution in [0.2, 0.25) is 0 Å². The van der Waals surface area contributed by atoms with Gasteiger partial charge in [0.2, 0.25) is 5.91 Å². The van der Waals surface area contributed by atoms with Crippen molar-refractivity contribution in [3.05, 3.63) is 83.3 Å². The summed E-state index contributed by atoms with van der Waals surface area (Å²) in [5.74, 6) is 0.892. The average Bonchev–Trinajstić information content (AvgIpc) is 3.29. The van der Waals surface area contributed by atoms with Crippen LogP contribution in [0.4, 0.5) is 5.69 Å². The van der Waals surface area contributed by atoms with Gasteiger partial charge in [-0.2, -0.15) is 5.26 Å². The molecule has 1 aliphatic heterocycles. The van der Waals surface area contributed by atoms with E-state index in [4.69, 9.17) is 14.4 Å². The number of benzene rings is 2. The predicted octanol–water partition coefficient (Wildman–Crippen LogP) is 4.50. The Morgan fingerprint density at radius 3 is 2.84 bits per heavy atom. The van der Waals surface area contributed by atoms with Gasteiger partial charge in [-0.1, -0.05) is 24.3 Å². The highest BCUT2D eigenvalue weighted by atomic mass is 16.5. The second-order valence-corrected chi connectivity index (χ2v) is 7.59. The Hall–Kier alpha value is -4.05. The second kappa shape index (κ2) is 9.84. The van der Waals surface area contributed by atoms with Gasteiger partial charge in [0.15, 0.2) is 5.76 Å². The first-order valence-corrected chi connectivity index (χ1v) is 10.5. The summed E-state index contributed by atoms with van der Waals surface area (Å²) < 4.78 is 11.2. The highest BCUT2D eigenvalue weighted by Crippen LogP contribution is 2.20. The van der Waals surface area contributed by atoms with Crippen molar-refractivity contribution in [1.29, 1.82) is 5.26 Å². The Morgan fingerprint density at radius 2 is 2.00 bits per heavy atom. The maximum atomic E-state index is 12.6. The Balaban J connectivity index is 1.36. The fourth-order valence-corrected chi connectivity index (χ4v) is 3.60. The molecule has 2 heterocycles. The van der Waals surface area contributed by atoms with E-state index in [0.717, 1.165) is 24.9 Å². The number of anilines is 1. The number of carbonyl (C=O) groups is 2. The average molecular weight is 429 g/mol. The molecule has 1 saturated heterocycles. The summed E-state index contributed by atoms with van der Waals surface area (Å²) in [6, 6.07) is 19.7. The lowest BCUT2D eigenvalue weighted by Gasteiger charge is -2.26. The van der Waals surface area contributed by atoms with Crippen molar-refractivity contribution >= 4 is 17.5 Å². The predicted molar refractivity (Wildman–Crippen MR) is 118 cm³/mol. The number of ether oxygens (including phenoxy) is 1. The molecule has 1 aromatic heterocycles. The van der Waals surface area contributed by atoms with Crippen molar-refractivity contribution < 1.29 is 18.7 Å². The van der Waals surface area contributed by atoms with E-state index in [1.807, 2.05) is 23.1 Å². The minimum atomic E-state index is -0.375. The van der Waals surface area contributed by atoms with Crippen LogP contribution in [0.5, 0.6) is 5.75 Å². The van der Waals surface area contributed by atoms with Crippen molar-refractivity contribution in [1.82, 2.24) is 4.90 Å². The van der Waals surface area contributed by atoms with Gasteiger partial charge in [0.05, 0.1) is 5.56 Å². The van der Waals surface area contributed by atoms with E-state index in [2.05, 4.69) is 11.4 Å². The van der Waals surface area contributed by atoms with Crippen LogP contribution in [0.15, 0.2) is 65.1 Å². The second-order valence-electron chi connectivity index (χ2n) is 7.59. The highest BCUT2D eigenvalue weighted by molar-refractivity contribution is 6.02. The summed E-state index contributed by atoms with van der Waals surface area (Å²) >= 11 is 0. The number of nitrogens with zero attached hydrogens (tertiary/aromatic N) is 2. The van der Waals surface area contributed by atoms with Gasteiger partial charge in [0.1, 0.15) is 24.2 Å². The quantitative estimate of drug-likeness (QED) is 0.597. The van der Waals surface area contributed by atoms with E-state index in [9.17, 15) is 9.59 Å². The summed E-state index contributed by atoms with van der Waals surface area (Å²) in [6.07, 6.45) is 2.57. The van der Waals surface area contributed by atoms with Crippen LogP contribution in [0, 0.1) is 11.3 Å². The van der Waals surface area contributed by atoms with Crippen molar-refractivity contribution in [2.75, 3.05) is 11.9 Å². The zero-order valence-corrected chi connectivity index (χ0v) is 17.5. The zero-order chi connectivity index (χ0) is 22.3. The molecule has 1 N–H and O–H groups in total. The molecule has 4 rings (SSSR count). The van der Waals surface area contributed by atoms with Gasteiger partial charge < -0.3 is 19.4 Å². The first-order valence-electron chi connectivity index (χ1n) is 10.5. The topological polar surface area (TPSA) is 95.6 Å². The molecule has 0 unspecified atom stereocenters. The van der Waals surface area contributed by atoms with E-state index in [1.165, 1.54) is 0 Å². The van der Waals surface area contributed by atoms with Crippen LogP contribution < -0.4 is 10.1 Å². The molecule has 1 aliphatic rings. The minimum Gasteiger partial charge on any atom is -0.484 e. The molecule has 0 saturated carbocycles. The molecule has 32 heavy (non-hydrogen) atoms. The number of hydrogen-bond acceptors (Lipinski definition) is 5. The van der Waals surface area contributed by atoms with Gasteiger partial charge in [-0.15, -0.1) is 0 Å². The van der Waals surface area contributed by atoms with E-state index >= 15 is 0 Å². The van der Waals surface area contributed by atoms with E-state index < -0.39 is 0 Å². The Kier molecular flexibility index (Phi) is 6.52. The fourth-order valence-electron chi connectivity index (χ4n) is 3.60. The summed E-state index contributed by atoms with van der Waals surface area (Å²) in [4.78, 5) is 26.5. The van der Waals surface area contributed by atoms with Gasteiger partial charge in [-0.3, -0.25) is 9.59 Å². The largest absolute Gasteiger partial charge is 0.484 e. The number of para-hydroxylation sites is 1. The molecular weight excluding hydrogens is 406 g/mol. The third-order valence-corrected chi connectivity index (χ3v) is 5.24. The molecule has 7 heteroatoms. The van der Waals surface area contributed by atoms with E-state index in [-0.39, 0.29) is 24.2 Å². The molecule has 0 bridgehead atoms. The molecule has 162 valence electrons. The molecule has 3 aromatic rings. The summed E-state index contributed by atoms with van der Waals surface area (Å²) in [5, 5.41) is 12.0. The first-order chi connectivity index (χ1) is 15.6. The number of nitriles is 1. The SMILES string of the molecule is N#Cc1ccccc1OCc1ccc(C(=O)Nc2cccc(CN3CCCCC3=O)c2)o1. The molecule has 0 atom stereocenters. The third-order valence-electron chi connectivity index (χ3n) is 5.24. The maximum absolute atomic E-state index is 12.6. The number of hydrogen-bond donors (Lipinski definition) is 1. The van der Waals surface area contributed by atoms with Crippen LogP contribution in [-0.4, -0.2) is 23.3 Å². The number of furan rings is 1. The normalized spacial score (nSPS) is 13.5. The molecule has 2 amide bonds. The first kappa shape index (κ1) is 21.2. The lowest BCUT2D eigenvalue weighted by Crippen LogP contribution is -2.34. The maximum Gasteiger partial charge on any atom is 0.291 e. The molecule has 0 radical (unpaired) electrons. The fraction of sp³-hybridized carbons (Fsp3) is 0.240. The Morgan fingerprint density at radius 1 is 1.12 bits per heavy atom. The molecule has 7 nitrogen and oxygen atoms in total. The highest BCUT2D eigenvalue weighted by Gasteiger charge is 2.18. The van der Waals surface area contributed by atoms with Crippen LogP contribution in [0.1, 0.15) is 46.7 Å². The number of rotatable bonds is 7.